The van der Waals surface area contributed by atoms with E-state index in [4.69, 9.17) is 9.47 Å². The molecule has 0 unspecified atom stereocenters. The van der Waals surface area contributed by atoms with Crippen molar-refractivity contribution in [3.05, 3.63) is 35.2 Å². The van der Waals surface area contributed by atoms with Gasteiger partial charge in [-0.1, -0.05) is 18.2 Å². The van der Waals surface area contributed by atoms with Crippen LogP contribution in [0.15, 0.2) is 30.3 Å². The van der Waals surface area contributed by atoms with Crippen LogP contribution in [0.2, 0.25) is 0 Å². The van der Waals surface area contributed by atoms with Gasteiger partial charge < -0.3 is 14.8 Å². The molecule has 0 aliphatic carbocycles. The maximum Gasteiger partial charge on any atom is 0.349 e. The second kappa shape index (κ2) is 7.19. The van der Waals surface area contributed by atoms with Gasteiger partial charge in [0.15, 0.2) is 6.10 Å². The molecule has 1 N–H and O–H groups in total. The molecule has 112 valence electrons. The minimum absolute atomic E-state index is 0.332. The third kappa shape index (κ3) is 4.03. The lowest BCUT2D eigenvalue weighted by molar-refractivity contribution is -0.129. The maximum absolute atomic E-state index is 12.0. The third-order valence-corrected chi connectivity index (χ3v) is 3.98. The van der Waals surface area contributed by atoms with Gasteiger partial charge in [-0.05, 0) is 24.4 Å². The lowest BCUT2D eigenvalue weighted by atomic mass is 10.2. The Morgan fingerprint density at radius 2 is 2.10 bits per heavy atom. The summed E-state index contributed by atoms with van der Waals surface area (Å²) in [6.45, 7) is 2.36. The van der Waals surface area contributed by atoms with E-state index in [-0.39, 0.29) is 5.91 Å². The second-order valence-electron chi connectivity index (χ2n) is 4.48. The van der Waals surface area contributed by atoms with E-state index >= 15 is 0 Å². The molecule has 0 bridgehead atoms. The summed E-state index contributed by atoms with van der Waals surface area (Å²) in [6, 6.07) is 9.48. The highest BCUT2D eigenvalue weighted by atomic mass is 32.1. The van der Waals surface area contributed by atoms with Crippen LogP contribution in [0.3, 0.4) is 0 Å². The van der Waals surface area contributed by atoms with E-state index < -0.39 is 12.1 Å². The number of carbonyl (C=O) groups is 2. The smallest absolute Gasteiger partial charge is 0.349 e. The first-order chi connectivity index (χ1) is 10.1. The number of benzene rings is 1. The molecule has 0 aliphatic heterocycles. The van der Waals surface area contributed by atoms with Gasteiger partial charge in [0, 0.05) is 18.4 Å². The standard InChI is InChI=1S/C15H17NO4S/c1-10(14(17)16-7-8-19-2)20-15(18)13-9-11-5-3-4-6-12(11)21-13/h3-6,9-10H,7-8H2,1-2H3,(H,16,17)/t10-/m1/s1. The van der Waals surface area contributed by atoms with Crippen molar-refractivity contribution >= 4 is 33.3 Å². The lowest BCUT2D eigenvalue weighted by Crippen LogP contribution is -2.37. The fraction of sp³-hybridized carbons (Fsp3) is 0.333. The van der Waals surface area contributed by atoms with Gasteiger partial charge in [0.05, 0.1) is 6.61 Å². The zero-order valence-electron chi connectivity index (χ0n) is 11.9. The molecule has 0 aliphatic rings. The molecule has 0 saturated carbocycles. The molecule has 2 aromatic rings. The van der Waals surface area contributed by atoms with Crippen LogP contribution < -0.4 is 5.32 Å². The van der Waals surface area contributed by atoms with Crippen LogP contribution in [-0.2, 0) is 14.3 Å². The fourth-order valence-electron chi connectivity index (χ4n) is 1.77. The van der Waals surface area contributed by atoms with Crippen molar-refractivity contribution in [2.75, 3.05) is 20.3 Å². The molecule has 0 radical (unpaired) electrons. The predicted molar refractivity (Wildman–Crippen MR) is 81.6 cm³/mol. The molecule has 1 aromatic carbocycles. The summed E-state index contributed by atoms with van der Waals surface area (Å²) in [4.78, 5) is 24.3. The Morgan fingerprint density at radius 1 is 1.33 bits per heavy atom. The van der Waals surface area contributed by atoms with Gasteiger partial charge in [-0.2, -0.15) is 0 Å². The Morgan fingerprint density at radius 3 is 2.81 bits per heavy atom. The molecule has 5 nitrogen and oxygen atoms in total. The van der Waals surface area contributed by atoms with Gasteiger partial charge >= 0.3 is 5.97 Å². The number of thiophene rings is 1. The van der Waals surface area contributed by atoms with Crippen molar-refractivity contribution in [3.63, 3.8) is 0 Å². The minimum atomic E-state index is -0.834. The van der Waals surface area contributed by atoms with Crippen molar-refractivity contribution < 1.29 is 19.1 Å². The zero-order chi connectivity index (χ0) is 15.2. The van der Waals surface area contributed by atoms with E-state index in [1.807, 2.05) is 24.3 Å². The molecule has 1 amide bonds. The number of rotatable bonds is 6. The zero-order valence-corrected chi connectivity index (χ0v) is 12.7. The first-order valence-corrected chi connectivity index (χ1v) is 7.39. The molecule has 1 heterocycles. The monoisotopic (exact) mass is 307 g/mol. The summed E-state index contributed by atoms with van der Waals surface area (Å²) in [5.74, 6) is -0.813. The molecule has 0 saturated heterocycles. The Labute approximate surface area is 126 Å². The van der Waals surface area contributed by atoms with E-state index in [9.17, 15) is 9.59 Å². The van der Waals surface area contributed by atoms with Gasteiger partial charge in [-0.25, -0.2) is 4.79 Å². The van der Waals surface area contributed by atoms with Gasteiger partial charge in [0.2, 0.25) is 0 Å². The Bertz CT molecular complexity index is 604. The maximum atomic E-state index is 12.0. The average Bonchev–Trinajstić information content (AvgIpc) is 2.91. The first kappa shape index (κ1) is 15.5. The Balaban J connectivity index is 1.95. The number of hydrogen-bond donors (Lipinski definition) is 1. The van der Waals surface area contributed by atoms with Crippen molar-refractivity contribution in [1.82, 2.24) is 5.32 Å². The SMILES string of the molecule is COCCNC(=O)[C@@H](C)OC(=O)c1cc2ccccc2s1. The van der Waals surface area contributed by atoms with Gasteiger partial charge in [0.25, 0.3) is 5.91 Å². The molecule has 1 atom stereocenters. The molecule has 21 heavy (non-hydrogen) atoms. The number of carbonyl (C=O) groups excluding carboxylic acids is 2. The van der Waals surface area contributed by atoms with Crippen LogP contribution in [0.5, 0.6) is 0 Å². The molecule has 6 heteroatoms. The van der Waals surface area contributed by atoms with Crippen LogP contribution in [0.25, 0.3) is 10.1 Å². The van der Waals surface area contributed by atoms with Gasteiger partial charge in [-0.15, -0.1) is 11.3 Å². The number of esters is 1. The molecule has 1 aromatic heterocycles. The average molecular weight is 307 g/mol. The van der Waals surface area contributed by atoms with Crippen LogP contribution in [0.4, 0.5) is 0 Å². The van der Waals surface area contributed by atoms with Crippen LogP contribution in [0.1, 0.15) is 16.6 Å². The molecule has 0 fully saturated rings. The number of amides is 1. The van der Waals surface area contributed by atoms with Crippen LogP contribution in [0, 0.1) is 0 Å². The number of hydrogen-bond acceptors (Lipinski definition) is 5. The quantitative estimate of drug-likeness (QED) is 0.656. The number of methoxy groups -OCH3 is 1. The second-order valence-corrected chi connectivity index (χ2v) is 5.56. The molecular weight excluding hydrogens is 290 g/mol. The van der Waals surface area contributed by atoms with E-state index in [0.29, 0.717) is 18.0 Å². The molecule has 0 spiro atoms. The Hall–Kier alpha value is -1.92. The van der Waals surface area contributed by atoms with Gasteiger partial charge in [0.1, 0.15) is 4.88 Å². The van der Waals surface area contributed by atoms with Crippen molar-refractivity contribution in [2.45, 2.75) is 13.0 Å². The van der Waals surface area contributed by atoms with Crippen LogP contribution in [-0.4, -0.2) is 38.2 Å². The van der Waals surface area contributed by atoms with E-state index in [1.54, 1.807) is 20.1 Å². The summed E-state index contributed by atoms with van der Waals surface area (Å²) in [5.41, 5.74) is 0. The summed E-state index contributed by atoms with van der Waals surface area (Å²) in [5, 5.41) is 3.62. The summed E-state index contributed by atoms with van der Waals surface area (Å²) in [6.07, 6.45) is -0.834. The van der Waals surface area contributed by atoms with Gasteiger partial charge in [-0.3, -0.25) is 4.79 Å². The normalized spacial score (nSPS) is 12.1. The third-order valence-electron chi connectivity index (χ3n) is 2.89. The van der Waals surface area contributed by atoms with E-state index in [1.165, 1.54) is 11.3 Å². The van der Waals surface area contributed by atoms with E-state index in [0.717, 1.165) is 10.1 Å². The topological polar surface area (TPSA) is 64.6 Å². The van der Waals surface area contributed by atoms with Crippen molar-refractivity contribution in [1.29, 1.82) is 0 Å². The highest BCUT2D eigenvalue weighted by Gasteiger charge is 2.19. The fourth-order valence-corrected chi connectivity index (χ4v) is 2.72. The van der Waals surface area contributed by atoms with Crippen molar-refractivity contribution in [3.8, 4) is 0 Å². The molecule has 2 rings (SSSR count). The highest BCUT2D eigenvalue weighted by Crippen LogP contribution is 2.25. The van der Waals surface area contributed by atoms with Crippen LogP contribution >= 0.6 is 11.3 Å². The Kier molecular flexibility index (Phi) is 5.30. The number of nitrogens with one attached hydrogen (secondary N) is 1. The predicted octanol–water partition coefficient (Wildman–Crippen LogP) is 2.21. The lowest BCUT2D eigenvalue weighted by Gasteiger charge is -2.12. The summed E-state index contributed by atoms with van der Waals surface area (Å²) in [7, 11) is 1.55. The highest BCUT2D eigenvalue weighted by molar-refractivity contribution is 7.20. The molecular formula is C15H17NO4S. The largest absolute Gasteiger partial charge is 0.448 e. The van der Waals surface area contributed by atoms with E-state index in [2.05, 4.69) is 5.32 Å². The summed E-state index contributed by atoms with van der Waals surface area (Å²) >= 11 is 1.35. The van der Waals surface area contributed by atoms with Crippen molar-refractivity contribution in [2.24, 2.45) is 0 Å². The number of fused-ring (bicyclic) bond motifs is 1. The summed E-state index contributed by atoms with van der Waals surface area (Å²) < 4.78 is 11.0. The number of ether oxygens (including phenoxy) is 2. The minimum Gasteiger partial charge on any atom is -0.448 e. The first-order valence-electron chi connectivity index (χ1n) is 6.58.